The second-order valence-electron chi connectivity index (χ2n) is 5.19. The fourth-order valence-corrected chi connectivity index (χ4v) is 4.78. The lowest BCUT2D eigenvalue weighted by Gasteiger charge is -2.36. The molecule has 0 amide bonds. The fraction of sp³-hybridized carbons (Fsp3) is 0.917. The number of esters is 1. The highest BCUT2D eigenvalue weighted by Crippen LogP contribution is 2.25. The molecule has 1 N–H and O–H groups in total. The molecule has 2 heterocycles. The van der Waals surface area contributed by atoms with E-state index < -0.39 is 22.2 Å². The van der Waals surface area contributed by atoms with Crippen LogP contribution >= 0.6 is 0 Å². The van der Waals surface area contributed by atoms with Crippen molar-refractivity contribution in [2.75, 3.05) is 32.8 Å². The standard InChI is InChI=1S/C12H23N3O4S/c1-3-19-12(16)11-5-4-7-15(11)20(17,18)14-8-6-13-9-10(14)2/h10-11,13H,3-9H2,1-2H3. The van der Waals surface area contributed by atoms with Crippen molar-refractivity contribution < 1.29 is 17.9 Å². The molecule has 116 valence electrons. The van der Waals surface area contributed by atoms with Crippen LogP contribution in [0.15, 0.2) is 0 Å². The Bertz CT molecular complexity index is 454. The molecule has 0 bridgehead atoms. The van der Waals surface area contributed by atoms with Crippen molar-refractivity contribution in [1.29, 1.82) is 0 Å². The number of hydrogen-bond donors (Lipinski definition) is 1. The fourth-order valence-electron chi connectivity index (χ4n) is 2.79. The molecule has 7 nitrogen and oxygen atoms in total. The molecular formula is C12H23N3O4S. The van der Waals surface area contributed by atoms with E-state index in [0.717, 1.165) is 0 Å². The maximum Gasteiger partial charge on any atom is 0.324 e. The Morgan fingerprint density at radius 2 is 2.10 bits per heavy atom. The van der Waals surface area contributed by atoms with E-state index in [-0.39, 0.29) is 12.6 Å². The number of carbonyl (C=O) groups excluding carboxylic acids is 1. The number of rotatable bonds is 4. The summed E-state index contributed by atoms with van der Waals surface area (Å²) in [6.07, 6.45) is 1.24. The lowest BCUT2D eigenvalue weighted by atomic mass is 10.2. The summed E-state index contributed by atoms with van der Waals surface area (Å²) >= 11 is 0. The van der Waals surface area contributed by atoms with Gasteiger partial charge in [-0.05, 0) is 26.7 Å². The molecule has 2 aliphatic rings. The Morgan fingerprint density at radius 1 is 1.35 bits per heavy atom. The van der Waals surface area contributed by atoms with Gasteiger partial charge >= 0.3 is 5.97 Å². The van der Waals surface area contributed by atoms with Crippen LogP contribution in [0.3, 0.4) is 0 Å². The van der Waals surface area contributed by atoms with Crippen molar-refractivity contribution in [3.05, 3.63) is 0 Å². The number of ether oxygens (including phenoxy) is 1. The predicted octanol–water partition coefficient (Wildman–Crippen LogP) is -0.448. The summed E-state index contributed by atoms with van der Waals surface area (Å²) in [5, 5.41) is 3.17. The van der Waals surface area contributed by atoms with Gasteiger partial charge in [-0.15, -0.1) is 0 Å². The molecule has 2 aliphatic heterocycles. The topological polar surface area (TPSA) is 79.0 Å². The first-order valence-electron chi connectivity index (χ1n) is 7.14. The van der Waals surface area contributed by atoms with Gasteiger partial charge in [0.15, 0.2) is 0 Å². The first-order chi connectivity index (χ1) is 9.48. The number of nitrogens with one attached hydrogen (secondary N) is 1. The summed E-state index contributed by atoms with van der Waals surface area (Å²) in [6, 6.07) is -0.765. The third-order valence-electron chi connectivity index (χ3n) is 3.80. The summed E-state index contributed by atoms with van der Waals surface area (Å²) in [4.78, 5) is 11.9. The minimum absolute atomic E-state index is 0.0998. The monoisotopic (exact) mass is 305 g/mol. The molecule has 0 saturated carbocycles. The Kier molecular flexibility index (Phi) is 5.00. The van der Waals surface area contributed by atoms with Crippen LogP contribution in [0.4, 0.5) is 0 Å². The molecule has 0 aromatic rings. The summed E-state index contributed by atoms with van der Waals surface area (Å²) in [7, 11) is -3.60. The van der Waals surface area contributed by atoms with Crippen LogP contribution in [0, 0.1) is 0 Å². The smallest absolute Gasteiger partial charge is 0.324 e. The summed E-state index contributed by atoms with van der Waals surface area (Å²) in [5.41, 5.74) is 0. The quantitative estimate of drug-likeness (QED) is 0.712. The van der Waals surface area contributed by atoms with Crippen LogP contribution in [0.1, 0.15) is 26.7 Å². The highest BCUT2D eigenvalue weighted by atomic mass is 32.2. The van der Waals surface area contributed by atoms with E-state index in [0.29, 0.717) is 39.0 Å². The van der Waals surface area contributed by atoms with E-state index in [4.69, 9.17) is 4.74 Å². The van der Waals surface area contributed by atoms with Crippen molar-refractivity contribution in [2.24, 2.45) is 0 Å². The van der Waals surface area contributed by atoms with Crippen molar-refractivity contribution >= 4 is 16.2 Å². The van der Waals surface area contributed by atoms with Gasteiger partial charge in [0.1, 0.15) is 6.04 Å². The second kappa shape index (κ2) is 6.38. The molecule has 0 spiro atoms. The number of nitrogens with zero attached hydrogens (tertiary/aromatic N) is 2. The van der Waals surface area contributed by atoms with Crippen LogP contribution < -0.4 is 5.32 Å². The molecule has 0 aliphatic carbocycles. The zero-order chi connectivity index (χ0) is 14.8. The Morgan fingerprint density at radius 3 is 2.75 bits per heavy atom. The van der Waals surface area contributed by atoms with Crippen molar-refractivity contribution in [3.63, 3.8) is 0 Å². The number of hydrogen-bond acceptors (Lipinski definition) is 5. The minimum atomic E-state index is -3.60. The summed E-state index contributed by atoms with van der Waals surface area (Å²) < 4.78 is 33.3. The first-order valence-corrected chi connectivity index (χ1v) is 8.54. The molecule has 20 heavy (non-hydrogen) atoms. The van der Waals surface area contributed by atoms with Crippen LogP contribution in [0.5, 0.6) is 0 Å². The second-order valence-corrected chi connectivity index (χ2v) is 7.03. The molecule has 2 fully saturated rings. The van der Waals surface area contributed by atoms with E-state index in [2.05, 4.69) is 5.32 Å². The van der Waals surface area contributed by atoms with Gasteiger partial charge in [0, 0.05) is 32.2 Å². The normalized spacial score (nSPS) is 29.5. The van der Waals surface area contributed by atoms with E-state index in [1.54, 1.807) is 6.92 Å². The molecule has 2 atom stereocenters. The zero-order valence-electron chi connectivity index (χ0n) is 12.0. The van der Waals surface area contributed by atoms with Crippen molar-refractivity contribution in [3.8, 4) is 0 Å². The van der Waals surface area contributed by atoms with Crippen LogP contribution in [-0.4, -0.2) is 67.9 Å². The van der Waals surface area contributed by atoms with Gasteiger partial charge in [-0.1, -0.05) is 0 Å². The molecule has 2 saturated heterocycles. The third-order valence-corrected chi connectivity index (χ3v) is 5.96. The molecule has 8 heteroatoms. The highest BCUT2D eigenvalue weighted by Gasteiger charge is 2.43. The van der Waals surface area contributed by atoms with Crippen LogP contribution in [0.25, 0.3) is 0 Å². The maximum absolute atomic E-state index is 12.7. The third kappa shape index (κ3) is 2.98. The van der Waals surface area contributed by atoms with Crippen molar-refractivity contribution in [2.45, 2.75) is 38.8 Å². The number of piperazine rings is 1. The van der Waals surface area contributed by atoms with Gasteiger partial charge in [0.25, 0.3) is 10.2 Å². The Labute approximate surface area is 120 Å². The Hall–Kier alpha value is -0.700. The molecule has 2 rings (SSSR count). The molecular weight excluding hydrogens is 282 g/mol. The minimum Gasteiger partial charge on any atom is -0.465 e. The van der Waals surface area contributed by atoms with E-state index >= 15 is 0 Å². The predicted molar refractivity (Wildman–Crippen MR) is 74.3 cm³/mol. The van der Waals surface area contributed by atoms with Gasteiger partial charge in [0.05, 0.1) is 6.61 Å². The van der Waals surface area contributed by atoms with Gasteiger partial charge < -0.3 is 10.1 Å². The Balaban J connectivity index is 2.17. The lowest BCUT2D eigenvalue weighted by molar-refractivity contribution is -0.147. The van der Waals surface area contributed by atoms with Gasteiger partial charge in [-0.2, -0.15) is 17.0 Å². The average Bonchev–Trinajstić information content (AvgIpc) is 2.89. The van der Waals surface area contributed by atoms with Gasteiger partial charge in [-0.3, -0.25) is 4.79 Å². The average molecular weight is 305 g/mol. The molecule has 0 radical (unpaired) electrons. The molecule has 0 aromatic heterocycles. The van der Waals surface area contributed by atoms with E-state index in [1.807, 2.05) is 6.92 Å². The molecule has 2 unspecified atom stereocenters. The molecule has 0 aromatic carbocycles. The van der Waals surface area contributed by atoms with Gasteiger partial charge in [0.2, 0.25) is 0 Å². The van der Waals surface area contributed by atoms with Crippen LogP contribution in [0.2, 0.25) is 0 Å². The lowest BCUT2D eigenvalue weighted by Crippen LogP contribution is -2.57. The van der Waals surface area contributed by atoms with E-state index in [1.165, 1.54) is 8.61 Å². The van der Waals surface area contributed by atoms with Crippen molar-refractivity contribution in [1.82, 2.24) is 13.9 Å². The highest BCUT2D eigenvalue weighted by molar-refractivity contribution is 7.86. The zero-order valence-corrected chi connectivity index (χ0v) is 12.9. The summed E-state index contributed by atoms with van der Waals surface area (Å²) in [5.74, 6) is -0.434. The van der Waals surface area contributed by atoms with Gasteiger partial charge in [-0.25, -0.2) is 0 Å². The SMILES string of the molecule is CCOC(=O)C1CCCN1S(=O)(=O)N1CCNCC1C. The summed E-state index contributed by atoms with van der Waals surface area (Å²) in [6.45, 7) is 5.98. The van der Waals surface area contributed by atoms with Crippen LogP contribution in [-0.2, 0) is 19.7 Å². The maximum atomic E-state index is 12.7. The first kappa shape index (κ1) is 15.7. The number of carbonyl (C=O) groups is 1. The van der Waals surface area contributed by atoms with E-state index in [9.17, 15) is 13.2 Å². The largest absolute Gasteiger partial charge is 0.465 e.